The van der Waals surface area contributed by atoms with E-state index in [9.17, 15) is 22.8 Å². The third-order valence-electron chi connectivity index (χ3n) is 5.04. The van der Waals surface area contributed by atoms with E-state index in [2.05, 4.69) is 14.7 Å². The highest BCUT2D eigenvalue weighted by atomic mass is 19.4. The second-order valence-electron chi connectivity index (χ2n) is 7.12. The Labute approximate surface area is 177 Å². The van der Waals surface area contributed by atoms with Gasteiger partial charge in [-0.3, -0.25) is 9.59 Å². The van der Waals surface area contributed by atoms with Gasteiger partial charge in [0.05, 0.1) is 18.4 Å². The maximum atomic E-state index is 13.0. The molecule has 1 saturated heterocycles. The number of carbonyl (C=O) groups is 2. The van der Waals surface area contributed by atoms with Crippen LogP contribution in [0.2, 0.25) is 0 Å². The Morgan fingerprint density at radius 1 is 1.10 bits per heavy atom. The Bertz CT molecular complexity index is 928. The molecule has 1 fully saturated rings. The predicted molar refractivity (Wildman–Crippen MR) is 107 cm³/mol. The third kappa shape index (κ3) is 5.93. The number of rotatable bonds is 6. The number of carbonyl (C=O) groups excluding carboxylic acids is 2. The van der Waals surface area contributed by atoms with E-state index in [1.54, 1.807) is 17.0 Å². The molecule has 166 valence electrons. The summed E-state index contributed by atoms with van der Waals surface area (Å²) in [7, 11) is 1.31. The number of piperazine rings is 1. The molecule has 2 aromatic rings. The lowest BCUT2D eigenvalue weighted by Gasteiger charge is -2.34. The zero-order chi connectivity index (χ0) is 22.4. The molecule has 0 N–H and O–H groups in total. The van der Waals surface area contributed by atoms with E-state index < -0.39 is 11.7 Å². The highest BCUT2D eigenvalue weighted by Crippen LogP contribution is 2.32. The largest absolute Gasteiger partial charge is 0.469 e. The Kier molecular flexibility index (Phi) is 7.09. The van der Waals surface area contributed by atoms with Crippen LogP contribution < -0.4 is 4.90 Å². The predicted octanol–water partition coefficient (Wildman–Crippen LogP) is 3.15. The van der Waals surface area contributed by atoms with E-state index in [0.29, 0.717) is 49.8 Å². The van der Waals surface area contributed by atoms with Gasteiger partial charge in [-0.25, -0.2) is 9.97 Å². The van der Waals surface area contributed by atoms with E-state index in [4.69, 9.17) is 0 Å². The summed E-state index contributed by atoms with van der Waals surface area (Å²) in [5.41, 5.74) is 0.0276. The maximum Gasteiger partial charge on any atom is 0.416 e. The van der Waals surface area contributed by atoms with Crippen molar-refractivity contribution >= 4 is 17.8 Å². The number of benzene rings is 1. The van der Waals surface area contributed by atoms with Crippen molar-refractivity contribution < 1.29 is 27.5 Å². The molecule has 0 saturated carbocycles. The molecule has 0 bridgehead atoms. The molecule has 1 aromatic heterocycles. The van der Waals surface area contributed by atoms with Crippen LogP contribution in [0.3, 0.4) is 0 Å². The fourth-order valence-electron chi connectivity index (χ4n) is 3.32. The SMILES string of the molecule is COC(=O)CCCC(=O)N1CCN(c2nccc(-c3cccc(C(F)(F)F)c3)n2)CC1. The van der Waals surface area contributed by atoms with E-state index in [1.807, 2.05) is 4.90 Å². The summed E-state index contributed by atoms with van der Waals surface area (Å²) in [5.74, 6) is 0.0466. The first-order valence-corrected chi connectivity index (χ1v) is 9.88. The van der Waals surface area contributed by atoms with E-state index in [0.717, 1.165) is 12.1 Å². The van der Waals surface area contributed by atoms with Crippen LogP contribution in [0.5, 0.6) is 0 Å². The number of hydrogen-bond acceptors (Lipinski definition) is 6. The Morgan fingerprint density at radius 3 is 2.52 bits per heavy atom. The highest BCUT2D eigenvalue weighted by molar-refractivity contribution is 5.77. The highest BCUT2D eigenvalue weighted by Gasteiger charge is 2.30. The van der Waals surface area contributed by atoms with Gasteiger partial charge in [-0.2, -0.15) is 13.2 Å². The number of halogens is 3. The number of hydrogen-bond donors (Lipinski definition) is 0. The number of methoxy groups -OCH3 is 1. The van der Waals surface area contributed by atoms with Crippen molar-refractivity contribution in [3.05, 3.63) is 42.1 Å². The van der Waals surface area contributed by atoms with Gasteiger partial charge in [0.15, 0.2) is 0 Å². The average molecular weight is 436 g/mol. The van der Waals surface area contributed by atoms with Crippen molar-refractivity contribution in [3.63, 3.8) is 0 Å². The van der Waals surface area contributed by atoms with E-state index in [-0.39, 0.29) is 24.7 Å². The van der Waals surface area contributed by atoms with Crippen LogP contribution >= 0.6 is 0 Å². The molecule has 1 aliphatic heterocycles. The van der Waals surface area contributed by atoms with Crippen LogP contribution in [0.1, 0.15) is 24.8 Å². The van der Waals surface area contributed by atoms with Crippen LogP contribution in [0.4, 0.5) is 19.1 Å². The monoisotopic (exact) mass is 436 g/mol. The molecule has 0 radical (unpaired) electrons. The fraction of sp³-hybridized carbons (Fsp3) is 0.429. The fourth-order valence-corrected chi connectivity index (χ4v) is 3.32. The van der Waals surface area contributed by atoms with Gasteiger partial charge in [0, 0.05) is 50.8 Å². The standard InChI is InChI=1S/C21H23F3N4O3/c1-31-19(30)7-3-6-18(29)27-10-12-28(13-11-27)20-25-9-8-17(26-20)15-4-2-5-16(14-15)21(22,23)24/h2,4-5,8-9,14H,3,6-7,10-13H2,1H3. The van der Waals surface area contributed by atoms with Crippen molar-refractivity contribution in [2.75, 3.05) is 38.2 Å². The van der Waals surface area contributed by atoms with Gasteiger partial charge < -0.3 is 14.5 Å². The summed E-state index contributed by atoms with van der Waals surface area (Å²) >= 11 is 0. The molecule has 7 nitrogen and oxygen atoms in total. The van der Waals surface area contributed by atoms with E-state index in [1.165, 1.54) is 19.4 Å². The first-order valence-electron chi connectivity index (χ1n) is 9.88. The van der Waals surface area contributed by atoms with Crippen molar-refractivity contribution in [1.82, 2.24) is 14.9 Å². The number of alkyl halides is 3. The number of esters is 1. The summed E-state index contributed by atoms with van der Waals surface area (Å²) in [4.78, 5) is 35.7. The third-order valence-corrected chi connectivity index (χ3v) is 5.04. The smallest absolute Gasteiger partial charge is 0.416 e. The van der Waals surface area contributed by atoms with Gasteiger partial charge >= 0.3 is 12.1 Å². The molecule has 3 rings (SSSR count). The van der Waals surface area contributed by atoms with Crippen LogP contribution in [0, 0.1) is 0 Å². The lowest BCUT2D eigenvalue weighted by atomic mass is 10.1. The Morgan fingerprint density at radius 2 is 1.84 bits per heavy atom. The van der Waals surface area contributed by atoms with Crippen molar-refractivity contribution in [1.29, 1.82) is 0 Å². The van der Waals surface area contributed by atoms with Gasteiger partial charge in [0.25, 0.3) is 0 Å². The zero-order valence-electron chi connectivity index (χ0n) is 17.1. The molecule has 1 amide bonds. The molecule has 2 heterocycles. The number of ether oxygens (including phenoxy) is 1. The lowest BCUT2D eigenvalue weighted by Crippen LogP contribution is -2.49. The van der Waals surface area contributed by atoms with Crippen molar-refractivity contribution in [2.24, 2.45) is 0 Å². The Hall–Kier alpha value is -3.17. The molecular weight excluding hydrogens is 413 g/mol. The van der Waals surface area contributed by atoms with Gasteiger partial charge in [-0.15, -0.1) is 0 Å². The molecule has 0 aliphatic carbocycles. The summed E-state index contributed by atoms with van der Waals surface area (Å²) in [6.07, 6.45) is -1.99. The lowest BCUT2D eigenvalue weighted by molar-refractivity contribution is -0.141. The molecule has 1 aliphatic rings. The van der Waals surface area contributed by atoms with Gasteiger partial charge in [0.1, 0.15) is 0 Å². The molecule has 31 heavy (non-hydrogen) atoms. The second-order valence-corrected chi connectivity index (χ2v) is 7.12. The summed E-state index contributed by atoms with van der Waals surface area (Å²) < 4.78 is 43.5. The van der Waals surface area contributed by atoms with Crippen LogP contribution in [0.15, 0.2) is 36.5 Å². The van der Waals surface area contributed by atoms with Gasteiger partial charge in [-0.05, 0) is 24.6 Å². The quantitative estimate of drug-likeness (QED) is 0.648. The van der Waals surface area contributed by atoms with Gasteiger partial charge in [0.2, 0.25) is 11.9 Å². The molecule has 1 aromatic carbocycles. The number of amides is 1. The molecular formula is C21H23F3N4O3. The van der Waals surface area contributed by atoms with Crippen LogP contribution in [0.25, 0.3) is 11.3 Å². The summed E-state index contributed by atoms with van der Waals surface area (Å²) in [5, 5.41) is 0. The number of nitrogens with zero attached hydrogens (tertiary/aromatic N) is 4. The normalized spacial score (nSPS) is 14.5. The van der Waals surface area contributed by atoms with Crippen molar-refractivity contribution in [3.8, 4) is 11.3 Å². The molecule has 0 spiro atoms. The maximum absolute atomic E-state index is 13.0. The number of anilines is 1. The van der Waals surface area contributed by atoms with Crippen LogP contribution in [-0.2, 0) is 20.5 Å². The minimum Gasteiger partial charge on any atom is -0.469 e. The summed E-state index contributed by atoms with van der Waals surface area (Å²) in [6, 6.07) is 6.58. The van der Waals surface area contributed by atoms with E-state index >= 15 is 0 Å². The minimum absolute atomic E-state index is 0.0258. The Balaban J connectivity index is 1.61. The van der Waals surface area contributed by atoms with Gasteiger partial charge in [-0.1, -0.05) is 12.1 Å². The zero-order valence-corrected chi connectivity index (χ0v) is 17.1. The summed E-state index contributed by atoms with van der Waals surface area (Å²) in [6.45, 7) is 1.98. The molecule has 10 heteroatoms. The molecule has 0 atom stereocenters. The number of aromatic nitrogens is 2. The minimum atomic E-state index is -4.43. The first kappa shape index (κ1) is 22.5. The average Bonchev–Trinajstić information content (AvgIpc) is 2.78. The van der Waals surface area contributed by atoms with Crippen molar-refractivity contribution in [2.45, 2.75) is 25.4 Å². The van der Waals surface area contributed by atoms with Crippen LogP contribution in [-0.4, -0.2) is 60.0 Å². The topological polar surface area (TPSA) is 75.6 Å². The molecule has 0 unspecified atom stereocenters. The second kappa shape index (κ2) is 9.76. The first-order chi connectivity index (χ1) is 14.8.